The van der Waals surface area contributed by atoms with Gasteiger partial charge >= 0.3 is 0 Å². The second kappa shape index (κ2) is 2.99. The van der Waals surface area contributed by atoms with Gasteiger partial charge in [-0.25, -0.2) is 0 Å². The van der Waals surface area contributed by atoms with Crippen molar-refractivity contribution in [2.45, 2.75) is 26.2 Å². The van der Waals surface area contributed by atoms with Crippen molar-refractivity contribution < 1.29 is 4.74 Å². The number of hydrogen-bond donors (Lipinski definition) is 1. The molecule has 0 spiro atoms. The molecule has 2 N–H and O–H groups in total. The third-order valence-electron chi connectivity index (χ3n) is 3.21. The van der Waals surface area contributed by atoms with Crippen LogP contribution in [0.25, 0.3) is 0 Å². The molecule has 3 heteroatoms. The molecule has 1 aliphatic heterocycles. The Kier molecular flexibility index (Phi) is 2.00. The van der Waals surface area contributed by atoms with E-state index in [-0.39, 0.29) is 5.41 Å². The summed E-state index contributed by atoms with van der Waals surface area (Å²) in [7, 11) is 1.63. The lowest BCUT2D eigenvalue weighted by Gasteiger charge is -2.20. The number of aliphatic imine (C=N–C) groups is 1. The van der Waals surface area contributed by atoms with Crippen LogP contribution in [0.15, 0.2) is 17.1 Å². The summed E-state index contributed by atoms with van der Waals surface area (Å²) in [6, 6.07) is 3.87. The Morgan fingerprint density at radius 2 is 2.00 bits per heavy atom. The number of ether oxygens (including phenoxy) is 1. The zero-order valence-electron chi connectivity index (χ0n) is 9.59. The number of anilines is 1. The Morgan fingerprint density at radius 3 is 2.60 bits per heavy atom. The summed E-state index contributed by atoms with van der Waals surface area (Å²) in [5, 5.41) is 0. The summed E-state index contributed by atoms with van der Waals surface area (Å²) in [5.41, 5.74) is 9.74. The zero-order chi connectivity index (χ0) is 11.2. The average Bonchev–Trinajstić information content (AvgIpc) is 2.37. The predicted molar refractivity (Wildman–Crippen MR) is 63.2 cm³/mol. The molecule has 15 heavy (non-hydrogen) atoms. The first-order valence-electron chi connectivity index (χ1n) is 5.00. The van der Waals surface area contributed by atoms with Gasteiger partial charge in [-0.2, -0.15) is 0 Å². The number of benzene rings is 1. The molecule has 0 fully saturated rings. The van der Waals surface area contributed by atoms with Crippen LogP contribution in [0.1, 0.15) is 26.3 Å². The maximum absolute atomic E-state index is 5.84. The highest BCUT2D eigenvalue weighted by atomic mass is 16.5. The third kappa shape index (κ3) is 1.30. The summed E-state index contributed by atoms with van der Waals surface area (Å²) < 4.78 is 5.22. The highest BCUT2D eigenvalue weighted by molar-refractivity contribution is 6.00. The van der Waals surface area contributed by atoms with Gasteiger partial charge in [0.25, 0.3) is 0 Å². The van der Waals surface area contributed by atoms with Gasteiger partial charge in [0.1, 0.15) is 5.75 Å². The van der Waals surface area contributed by atoms with Crippen LogP contribution in [-0.2, 0) is 5.41 Å². The Morgan fingerprint density at radius 1 is 1.33 bits per heavy atom. The number of fused-ring (bicyclic) bond motifs is 1. The van der Waals surface area contributed by atoms with Crippen LogP contribution in [0.5, 0.6) is 5.75 Å². The van der Waals surface area contributed by atoms with Gasteiger partial charge in [0.05, 0.1) is 18.5 Å². The van der Waals surface area contributed by atoms with Crippen molar-refractivity contribution in [3.8, 4) is 5.75 Å². The number of methoxy groups -OCH3 is 1. The van der Waals surface area contributed by atoms with Crippen molar-refractivity contribution in [2.24, 2.45) is 4.99 Å². The maximum atomic E-state index is 5.84. The smallest absolute Gasteiger partial charge is 0.142 e. The molecular formula is C12H16N2O. The van der Waals surface area contributed by atoms with Crippen molar-refractivity contribution in [3.05, 3.63) is 17.7 Å². The van der Waals surface area contributed by atoms with Gasteiger partial charge in [0, 0.05) is 11.1 Å². The fraction of sp³-hybridized carbons (Fsp3) is 0.417. The Balaban J connectivity index is 2.64. The molecule has 0 atom stereocenters. The van der Waals surface area contributed by atoms with Gasteiger partial charge in [0.2, 0.25) is 0 Å². The van der Waals surface area contributed by atoms with Crippen LogP contribution in [0.4, 0.5) is 11.4 Å². The van der Waals surface area contributed by atoms with Crippen LogP contribution in [-0.4, -0.2) is 12.8 Å². The molecular weight excluding hydrogens is 188 g/mol. The van der Waals surface area contributed by atoms with Crippen molar-refractivity contribution >= 4 is 17.1 Å². The van der Waals surface area contributed by atoms with Crippen LogP contribution < -0.4 is 10.5 Å². The molecule has 1 aliphatic rings. The van der Waals surface area contributed by atoms with Gasteiger partial charge in [0.15, 0.2) is 0 Å². The second-order valence-corrected chi connectivity index (χ2v) is 4.43. The van der Waals surface area contributed by atoms with E-state index in [0.717, 1.165) is 17.1 Å². The molecule has 2 rings (SSSR count). The molecule has 1 aromatic rings. The first-order chi connectivity index (χ1) is 6.96. The molecule has 0 radical (unpaired) electrons. The standard InChI is InChI=1S/C12H16N2O/c1-7-12(2,3)8-5-11(15-4)9(13)6-10(8)14-7/h5-6H,13H2,1-4H3. The molecule has 1 heterocycles. The number of nitrogen functional groups attached to an aromatic ring is 1. The molecule has 3 nitrogen and oxygen atoms in total. The maximum Gasteiger partial charge on any atom is 0.142 e. The third-order valence-corrected chi connectivity index (χ3v) is 3.21. The van der Waals surface area contributed by atoms with Gasteiger partial charge < -0.3 is 10.5 Å². The minimum atomic E-state index is -0.0175. The van der Waals surface area contributed by atoms with E-state index in [4.69, 9.17) is 10.5 Å². The van der Waals surface area contributed by atoms with Crippen molar-refractivity contribution in [3.63, 3.8) is 0 Å². The predicted octanol–water partition coefficient (Wildman–Crippen LogP) is 2.66. The van der Waals surface area contributed by atoms with Gasteiger partial charge in [-0.1, -0.05) is 13.8 Å². The highest BCUT2D eigenvalue weighted by Crippen LogP contribution is 2.43. The van der Waals surface area contributed by atoms with Crippen molar-refractivity contribution in [1.82, 2.24) is 0 Å². The Hall–Kier alpha value is -1.51. The zero-order valence-corrected chi connectivity index (χ0v) is 9.59. The van der Waals surface area contributed by atoms with Gasteiger partial charge in [-0.15, -0.1) is 0 Å². The first-order valence-corrected chi connectivity index (χ1v) is 5.00. The highest BCUT2D eigenvalue weighted by Gasteiger charge is 2.32. The lowest BCUT2D eigenvalue weighted by atomic mass is 9.82. The fourth-order valence-corrected chi connectivity index (χ4v) is 1.87. The van der Waals surface area contributed by atoms with E-state index in [9.17, 15) is 0 Å². The largest absolute Gasteiger partial charge is 0.495 e. The number of nitrogens with zero attached hydrogens (tertiary/aromatic N) is 1. The first kappa shape index (κ1) is 10.0. The SMILES string of the molecule is COc1cc2c(cc1N)N=C(C)C2(C)C. The summed E-state index contributed by atoms with van der Waals surface area (Å²) in [4.78, 5) is 4.52. The van der Waals surface area contributed by atoms with Gasteiger partial charge in [-0.3, -0.25) is 4.99 Å². The molecule has 0 unspecified atom stereocenters. The average molecular weight is 204 g/mol. The number of hydrogen-bond acceptors (Lipinski definition) is 3. The van der Waals surface area contributed by atoms with Gasteiger partial charge in [-0.05, 0) is 24.6 Å². The quantitative estimate of drug-likeness (QED) is 0.715. The van der Waals surface area contributed by atoms with E-state index in [1.165, 1.54) is 5.56 Å². The van der Waals surface area contributed by atoms with E-state index < -0.39 is 0 Å². The Bertz CT molecular complexity index is 447. The molecule has 1 aromatic carbocycles. The molecule has 0 saturated heterocycles. The number of nitrogens with two attached hydrogens (primary N) is 1. The normalized spacial score (nSPS) is 17.2. The number of rotatable bonds is 1. The van der Waals surface area contributed by atoms with Crippen LogP contribution >= 0.6 is 0 Å². The van der Waals surface area contributed by atoms with E-state index in [1.54, 1.807) is 7.11 Å². The van der Waals surface area contributed by atoms with Crippen LogP contribution in [0, 0.1) is 0 Å². The summed E-state index contributed by atoms with van der Waals surface area (Å²) in [5.74, 6) is 0.728. The second-order valence-electron chi connectivity index (χ2n) is 4.43. The van der Waals surface area contributed by atoms with E-state index in [1.807, 2.05) is 19.1 Å². The minimum absolute atomic E-state index is 0.0175. The topological polar surface area (TPSA) is 47.6 Å². The summed E-state index contributed by atoms with van der Waals surface area (Å²) in [6.07, 6.45) is 0. The van der Waals surface area contributed by atoms with E-state index in [2.05, 4.69) is 18.8 Å². The van der Waals surface area contributed by atoms with E-state index in [0.29, 0.717) is 5.69 Å². The van der Waals surface area contributed by atoms with Crippen molar-refractivity contribution in [1.29, 1.82) is 0 Å². The summed E-state index contributed by atoms with van der Waals surface area (Å²) >= 11 is 0. The Labute approximate surface area is 90.0 Å². The molecule has 0 bridgehead atoms. The van der Waals surface area contributed by atoms with Crippen molar-refractivity contribution in [2.75, 3.05) is 12.8 Å². The molecule has 0 saturated carbocycles. The molecule has 0 amide bonds. The molecule has 0 aliphatic carbocycles. The lowest BCUT2D eigenvalue weighted by Crippen LogP contribution is -2.22. The van der Waals surface area contributed by atoms with Crippen LogP contribution in [0.2, 0.25) is 0 Å². The monoisotopic (exact) mass is 204 g/mol. The lowest BCUT2D eigenvalue weighted by molar-refractivity contribution is 0.416. The van der Waals surface area contributed by atoms with E-state index >= 15 is 0 Å². The summed E-state index contributed by atoms with van der Waals surface area (Å²) in [6.45, 7) is 6.36. The van der Waals surface area contributed by atoms with Crippen LogP contribution in [0.3, 0.4) is 0 Å². The fourth-order valence-electron chi connectivity index (χ4n) is 1.87. The molecule has 0 aromatic heterocycles. The molecule has 80 valence electrons. The minimum Gasteiger partial charge on any atom is -0.495 e.